The number of benzene rings is 1. The normalized spacial score (nSPS) is 19.1. The number of anilines is 1. The first-order valence-corrected chi connectivity index (χ1v) is 18.3. The molecule has 8 nitrogen and oxygen atoms in total. The number of fused-ring (bicyclic) bond motifs is 1. The van der Waals surface area contributed by atoms with E-state index in [1.807, 2.05) is 17.5 Å². The van der Waals surface area contributed by atoms with Crippen LogP contribution in [0.4, 0.5) is 27.4 Å². The third-order valence-electron chi connectivity index (χ3n) is 9.22. The zero-order chi connectivity index (χ0) is 33.0. The van der Waals surface area contributed by atoms with E-state index in [0.29, 0.717) is 69.0 Å². The minimum Gasteiger partial charge on any atom is -0.390 e. The van der Waals surface area contributed by atoms with Crippen LogP contribution < -0.4 is 5.32 Å². The Morgan fingerprint density at radius 2 is 1.85 bits per heavy atom. The van der Waals surface area contributed by atoms with Gasteiger partial charge < -0.3 is 19.8 Å². The van der Waals surface area contributed by atoms with E-state index in [4.69, 9.17) is 5.10 Å². The average molecular weight is 695 g/mol. The van der Waals surface area contributed by atoms with Crippen molar-refractivity contribution in [3.8, 4) is 11.3 Å². The predicted molar refractivity (Wildman–Crippen MR) is 178 cm³/mol. The lowest BCUT2D eigenvalue weighted by atomic mass is 10.00. The van der Waals surface area contributed by atoms with Crippen LogP contribution in [0.25, 0.3) is 11.3 Å². The molecule has 2 amide bonds. The highest BCUT2D eigenvalue weighted by Gasteiger charge is 2.35. The molecule has 3 aromatic rings. The predicted octanol–water partition coefficient (Wildman–Crippen LogP) is 6.59. The summed E-state index contributed by atoms with van der Waals surface area (Å²) < 4.78 is 57.8. The molecule has 2 fully saturated rings. The molecule has 2 aromatic heterocycles. The number of nitrogens with one attached hydrogen (secondary N) is 1. The first kappa shape index (κ1) is 34.2. The number of carbonyl (C=O) groups is 1. The molecule has 1 atom stereocenters. The smallest absolute Gasteiger partial charge is 0.390 e. The highest BCUT2D eigenvalue weighted by Crippen LogP contribution is 2.40. The van der Waals surface area contributed by atoms with Gasteiger partial charge in [0, 0.05) is 66.6 Å². The molecular formula is C33H42F4N6O2S2. The molecule has 256 valence electrons. The molecule has 1 aromatic carbocycles. The Labute approximate surface area is 281 Å². The maximum Gasteiger partial charge on any atom is 0.417 e. The van der Waals surface area contributed by atoms with Crippen molar-refractivity contribution in [1.82, 2.24) is 24.5 Å². The lowest BCUT2D eigenvalue weighted by Crippen LogP contribution is -2.40. The second-order valence-corrected chi connectivity index (χ2v) is 14.7. The number of rotatable bonds is 10. The monoisotopic (exact) mass is 694 g/mol. The van der Waals surface area contributed by atoms with E-state index in [9.17, 15) is 27.5 Å². The van der Waals surface area contributed by atoms with Crippen LogP contribution in [0.15, 0.2) is 40.6 Å². The lowest BCUT2D eigenvalue weighted by Gasteiger charge is -2.29. The Balaban J connectivity index is 1.27. The van der Waals surface area contributed by atoms with Gasteiger partial charge in [-0.2, -0.15) is 18.3 Å². The molecule has 47 heavy (non-hydrogen) atoms. The van der Waals surface area contributed by atoms with Crippen LogP contribution in [-0.2, 0) is 25.7 Å². The largest absolute Gasteiger partial charge is 0.417 e. The van der Waals surface area contributed by atoms with Crippen molar-refractivity contribution in [2.45, 2.75) is 75.0 Å². The van der Waals surface area contributed by atoms with Gasteiger partial charge in [0.2, 0.25) is 0 Å². The minimum atomic E-state index is -4.53. The number of thiophene rings is 1. The van der Waals surface area contributed by atoms with Crippen LogP contribution in [0.1, 0.15) is 48.9 Å². The van der Waals surface area contributed by atoms with E-state index in [0.717, 1.165) is 60.0 Å². The number of hydrogen-bond donors (Lipinski definition) is 2. The third kappa shape index (κ3) is 8.69. The van der Waals surface area contributed by atoms with Gasteiger partial charge in [0.25, 0.3) is 0 Å². The number of hydrogen-bond acceptors (Lipinski definition) is 7. The zero-order valence-electron chi connectivity index (χ0n) is 26.4. The molecular weight excluding hydrogens is 653 g/mol. The molecule has 0 unspecified atom stereocenters. The van der Waals surface area contributed by atoms with Crippen LogP contribution in [0.3, 0.4) is 0 Å². The maximum atomic E-state index is 14.1. The first-order chi connectivity index (χ1) is 22.6. The van der Waals surface area contributed by atoms with Gasteiger partial charge in [0.05, 0.1) is 35.5 Å². The summed E-state index contributed by atoms with van der Waals surface area (Å²) in [7, 11) is 0. The molecule has 3 aliphatic heterocycles. The number of piperidine rings is 2. The molecule has 0 radical (unpaired) electrons. The fourth-order valence-electron chi connectivity index (χ4n) is 6.71. The van der Waals surface area contributed by atoms with E-state index in [1.54, 1.807) is 15.6 Å². The quantitative estimate of drug-likeness (QED) is 0.184. The number of aliphatic hydroxyl groups excluding tert-OH is 1. The van der Waals surface area contributed by atoms with Crippen molar-refractivity contribution < 1.29 is 27.5 Å². The van der Waals surface area contributed by atoms with Gasteiger partial charge >= 0.3 is 12.2 Å². The topological polar surface area (TPSA) is 76.9 Å². The van der Waals surface area contributed by atoms with Gasteiger partial charge in [-0.05, 0) is 68.4 Å². The maximum absolute atomic E-state index is 14.1. The van der Waals surface area contributed by atoms with Crippen LogP contribution in [-0.4, -0.2) is 99.5 Å². The minimum absolute atomic E-state index is 0.118. The number of aromatic nitrogens is 2. The Morgan fingerprint density at radius 3 is 2.57 bits per heavy atom. The molecule has 0 bridgehead atoms. The van der Waals surface area contributed by atoms with Gasteiger partial charge in [-0.3, -0.25) is 10.00 Å². The third-order valence-corrected chi connectivity index (χ3v) is 11.0. The number of β-amino-alcohol motifs (C(OH)–C–C–N with tert-alkyl or cyclic N) is 1. The van der Waals surface area contributed by atoms with Crippen molar-refractivity contribution >= 4 is 34.1 Å². The number of nitrogens with zero attached hydrogens (tertiary/aromatic N) is 5. The molecule has 2 N–H and O–H groups in total. The number of urea groups is 1. The standard InChI is InChI=1S/C33H42F4N6O2S2/c34-24-8-13-40(14-9-24)16-18-46-29-19-23(6-7-27(29)33(35,36)37)31-26-22-42(32(45)38-30-5-4-17-47-30)15-10-28(26)43(39-31)21-25(44)20-41-11-2-1-3-12-41/h4-7,17,19,24-25,44H,1-3,8-16,18,20-22H2,(H,38,45)/t25-/m0/s1. The molecule has 14 heteroatoms. The average Bonchev–Trinajstić information content (AvgIpc) is 3.69. The van der Waals surface area contributed by atoms with Crippen LogP contribution >= 0.6 is 23.1 Å². The summed E-state index contributed by atoms with van der Waals surface area (Å²) in [5.41, 5.74) is 2.05. The van der Waals surface area contributed by atoms with Crippen molar-refractivity contribution in [3.63, 3.8) is 0 Å². The van der Waals surface area contributed by atoms with Gasteiger partial charge in [0.1, 0.15) is 6.17 Å². The summed E-state index contributed by atoms with van der Waals surface area (Å²) in [5, 5.41) is 21.5. The first-order valence-electron chi connectivity index (χ1n) is 16.4. The van der Waals surface area contributed by atoms with E-state index >= 15 is 0 Å². The molecule has 0 spiro atoms. The molecule has 5 heterocycles. The van der Waals surface area contributed by atoms with Crippen LogP contribution in [0, 0.1) is 0 Å². The number of carbonyl (C=O) groups excluding carboxylic acids is 1. The SMILES string of the molecule is O=C(Nc1cccs1)N1CCc2c(c(-c3ccc(C(F)(F)F)c(SCCN4CCC(F)CC4)c3)nn2C[C@@H](O)CN2CCCCC2)C1. The van der Waals surface area contributed by atoms with E-state index in [2.05, 4.69) is 15.1 Å². The number of halogens is 4. The Kier molecular flexibility index (Phi) is 11.1. The summed E-state index contributed by atoms with van der Waals surface area (Å²) in [6.07, 6.45) is -1.15. The summed E-state index contributed by atoms with van der Waals surface area (Å²) in [5.74, 6) is 0.440. The molecule has 0 aliphatic carbocycles. The van der Waals surface area contributed by atoms with Crippen LogP contribution in [0.5, 0.6) is 0 Å². The van der Waals surface area contributed by atoms with Crippen molar-refractivity contribution in [2.24, 2.45) is 0 Å². The summed E-state index contributed by atoms with van der Waals surface area (Å²) in [4.78, 5) is 19.4. The number of thioether (sulfide) groups is 1. The number of alkyl halides is 4. The molecule has 6 rings (SSSR count). The van der Waals surface area contributed by atoms with Crippen molar-refractivity contribution in [1.29, 1.82) is 0 Å². The number of aliphatic hydroxyl groups is 1. The van der Waals surface area contributed by atoms with E-state index < -0.39 is 24.0 Å². The Bertz CT molecular complexity index is 1490. The fourth-order valence-corrected chi connectivity index (χ4v) is 8.44. The Morgan fingerprint density at radius 1 is 1.06 bits per heavy atom. The van der Waals surface area contributed by atoms with Crippen molar-refractivity contribution in [2.75, 3.05) is 56.9 Å². The second kappa shape index (κ2) is 15.3. The van der Waals surface area contributed by atoms with Crippen molar-refractivity contribution in [3.05, 3.63) is 52.5 Å². The molecule has 2 saturated heterocycles. The van der Waals surface area contributed by atoms with E-state index in [-0.39, 0.29) is 24.0 Å². The number of amides is 2. The van der Waals surface area contributed by atoms with Gasteiger partial charge in [0.15, 0.2) is 0 Å². The zero-order valence-corrected chi connectivity index (χ0v) is 28.0. The summed E-state index contributed by atoms with van der Waals surface area (Å²) in [6, 6.07) is 7.58. The number of likely N-dealkylation sites (tertiary alicyclic amines) is 2. The lowest BCUT2D eigenvalue weighted by molar-refractivity contribution is -0.139. The van der Waals surface area contributed by atoms with Crippen LogP contribution in [0.2, 0.25) is 0 Å². The van der Waals surface area contributed by atoms with Gasteiger partial charge in [-0.15, -0.1) is 23.1 Å². The second-order valence-electron chi connectivity index (χ2n) is 12.6. The highest BCUT2D eigenvalue weighted by atomic mass is 32.2. The molecule has 3 aliphatic rings. The van der Waals surface area contributed by atoms with Gasteiger partial charge in [-0.25, -0.2) is 9.18 Å². The molecule has 0 saturated carbocycles. The summed E-state index contributed by atoms with van der Waals surface area (Å²) >= 11 is 2.58. The van der Waals surface area contributed by atoms with E-state index in [1.165, 1.54) is 23.8 Å². The highest BCUT2D eigenvalue weighted by molar-refractivity contribution is 7.99. The van der Waals surface area contributed by atoms with Gasteiger partial charge in [-0.1, -0.05) is 12.5 Å². The fraction of sp³-hybridized carbons (Fsp3) is 0.576. The Hall–Kier alpha value is -2.65. The summed E-state index contributed by atoms with van der Waals surface area (Å²) in [6.45, 7) is 5.19.